The molecule has 1 fully saturated rings. The first-order valence-corrected chi connectivity index (χ1v) is 19.1. The fourth-order valence-electron chi connectivity index (χ4n) is 7.02. The van der Waals surface area contributed by atoms with Crippen LogP contribution in [-0.2, 0) is 16.1 Å². The fraction of sp³-hybridized carbons (Fsp3) is 0.268. The molecule has 1 N–H and O–H groups in total. The van der Waals surface area contributed by atoms with Crippen molar-refractivity contribution in [1.82, 2.24) is 39.4 Å². The number of thiophene rings is 1. The highest BCUT2D eigenvalue weighted by atomic mass is 35.5. The number of piperidine rings is 1. The number of nitrogens with one attached hydrogen (secondary N) is 1. The van der Waals surface area contributed by atoms with E-state index in [1.54, 1.807) is 36.6 Å². The summed E-state index contributed by atoms with van der Waals surface area (Å²) in [7, 11) is 0. The number of amides is 2. The fourth-order valence-corrected chi connectivity index (χ4v) is 8.36. The monoisotopic (exact) mass is 767 g/mol. The van der Waals surface area contributed by atoms with Gasteiger partial charge >= 0.3 is 0 Å². The molecule has 2 aromatic carbocycles. The number of rotatable bonds is 5. The van der Waals surface area contributed by atoms with Gasteiger partial charge in [0.1, 0.15) is 28.7 Å². The van der Waals surface area contributed by atoms with Crippen molar-refractivity contribution in [3.63, 3.8) is 0 Å². The van der Waals surface area contributed by atoms with Gasteiger partial charge in [-0.05, 0) is 70.4 Å². The molecule has 6 heterocycles. The summed E-state index contributed by atoms with van der Waals surface area (Å²) in [5.74, 6) is 14.2. The zero-order chi connectivity index (χ0) is 38.4. The number of imide groups is 1. The highest BCUT2D eigenvalue weighted by Crippen LogP contribution is 2.39. The molecule has 0 saturated carbocycles. The number of unbranched alkanes of at least 4 members (excludes halogenated alkanes) is 1. The number of hydrogen-bond acceptors (Lipinski definition) is 9. The maximum Gasteiger partial charge on any atom is 0.263 e. The largest absolute Gasteiger partial charge is 0.295 e. The number of hydrogen-bond donors (Lipinski definition) is 1. The smallest absolute Gasteiger partial charge is 0.263 e. The second-order valence-corrected chi connectivity index (χ2v) is 14.9. The number of carbonyl (C=O) groups excluding carboxylic acids is 2. The van der Waals surface area contributed by atoms with Gasteiger partial charge in [0.25, 0.3) is 5.56 Å². The van der Waals surface area contributed by atoms with Gasteiger partial charge in [-0.1, -0.05) is 53.5 Å². The van der Waals surface area contributed by atoms with E-state index in [1.807, 2.05) is 55.1 Å². The average Bonchev–Trinajstić information content (AvgIpc) is 3.85. The summed E-state index contributed by atoms with van der Waals surface area (Å²) in [4.78, 5) is 48.6. The Morgan fingerprint density at radius 2 is 1.82 bits per heavy atom. The van der Waals surface area contributed by atoms with Gasteiger partial charge in [-0.2, -0.15) is 5.10 Å². The maximum atomic E-state index is 13.7. The van der Waals surface area contributed by atoms with Crippen LogP contribution in [0.1, 0.15) is 94.9 Å². The second-order valence-electron chi connectivity index (χ2n) is 13.5. The van der Waals surface area contributed by atoms with Crippen LogP contribution in [0.3, 0.4) is 0 Å². The summed E-state index contributed by atoms with van der Waals surface area (Å²) in [6.07, 6.45) is 5.39. The molecule has 12 nitrogen and oxygen atoms in total. The quantitative estimate of drug-likeness (QED) is 0.130. The van der Waals surface area contributed by atoms with E-state index in [4.69, 9.17) is 16.6 Å². The lowest BCUT2D eigenvalue weighted by atomic mass is 9.99. The zero-order valence-electron chi connectivity index (χ0n) is 30.5. The molecule has 14 heteroatoms. The van der Waals surface area contributed by atoms with Crippen molar-refractivity contribution in [2.24, 2.45) is 4.99 Å². The van der Waals surface area contributed by atoms with Gasteiger partial charge in [0.2, 0.25) is 11.8 Å². The number of benzene rings is 2. The molecule has 2 atom stereocenters. The molecule has 0 radical (unpaired) electrons. The summed E-state index contributed by atoms with van der Waals surface area (Å²) in [6, 6.07) is 12.1. The Balaban J connectivity index is 0.989. The number of halogens is 1. The Morgan fingerprint density at radius 3 is 2.62 bits per heavy atom. The molecule has 0 bridgehead atoms. The topological polar surface area (TPSA) is 142 Å². The number of aryl methyl sites for hydroxylation is 3. The van der Waals surface area contributed by atoms with Crippen LogP contribution < -0.4 is 10.9 Å². The van der Waals surface area contributed by atoms with Crippen LogP contribution in [0, 0.1) is 44.5 Å². The molecule has 6 aromatic rings. The third kappa shape index (κ3) is 6.78. The van der Waals surface area contributed by atoms with Gasteiger partial charge in [-0.15, -0.1) is 21.5 Å². The Hall–Kier alpha value is -6.15. The van der Waals surface area contributed by atoms with Crippen LogP contribution in [0.5, 0.6) is 0 Å². The van der Waals surface area contributed by atoms with Crippen LogP contribution in [0.4, 0.5) is 0 Å². The molecule has 8 rings (SSSR count). The molecule has 55 heavy (non-hydrogen) atoms. The van der Waals surface area contributed by atoms with Crippen molar-refractivity contribution in [2.45, 2.75) is 72.0 Å². The minimum atomic E-state index is -0.797. The highest BCUT2D eigenvalue weighted by molar-refractivity contribution is 7.15. The molecule has 0 spiro atoms. The van der Waals surface area contributed by atoms with E-state index in [1.165, 1.54) is 4.57 Å². The molecule has 1 saturated heterocycles. The van der Waals surface area contributed by atoms with E-state index in [0.29, 0.717) is 40.3 Å². The van der Waals surface area contributed by atoms with E-state index in [-0.39, 0.29) is 30.3 Å². The molecular formula is C41H34ClN9O3S. The third-order valence-corrected chi connectivity index (χ3v) is 11.2. The normalized spacial score (nSPS) is 16.3. The van der Waals surface area contributed by atoms with Crippen molar-refractivity contribution >= 4 is 51.4 Å². The predicted octanol–water partition coefficient (Wildman–Crippen LogP) is 5.94. The molecule has 2 amide bonds. The molecule has 274 valence electrons. The first kappa shape index (κ1) is 35.9. The first-order chi connectivity index (χ1) is 26.6. The van der Waals surface area contributed by atoms with E-state index in [2.05, 4.69) is 60.8 Å². The van der Waals surface area contributed by atoms with Crippen LogP contribution >= 0.6 is 22.9 Å². The number of carbonyl (C=O) groups is 2. The van der Waals surface area contributed by atoms with Gasteiger partial charge in [-0.25, -0.2) is 4.98 Å². The van der Waals surface area contributed by atoms with Crippen molar-refractivity contribution < 1.29 is 9.59 Å². The Morgan fingerprint density at radius 1 is 1.00 bits per heavy atom. The summed E-state index contributed by atoms with van der Waals surface area (Å²) in [6.45, 7) is 8.38. The van der Waals surface area contributed by atoms with E-state index >= 15 is 0 Å². The third-order valence-electron chi connectivity index (χ3n) is 9.73. The second kappa shape index (κ2) is 14.6. The summed E-state index contributed by atoms with van der Waals surface area (Å²) in [5, 5.41) is 17.7. The summed E-state index contributed by atoms with van der Waals surface area (Å²) >= 11 is 7.83. The summed E-state index contributed by atoms with van der Waals surface area (Å²) < 4.78 is 5.32. The van der Waals surface area contributed by atoms with Gasteiger partial charge in [0, 0.05) is 47.3 Å². The van der Waals surface area contributed by atoms with Gasteiger partial charge in [-0.3, -0.25) is 38.5 Å². The predicted molar refractivity (Wildman–Crippen MR) is 211 cm³/mol. The molecule has 1 unspecified atom stereocenters. The molecule has 0 aliphatic carbocycles. The van der Waals surface area contributed by atoms with Crippen LogP contribution in [0.2, 0.25) is 5.02 Å². The van der Waals surface area contributed by atoms with Crippen LogP contribution in [-0.4, -0.2) is 51.6 Å². The van der Waals surface area contributed by atoms with Crippen molar-refractivity contribution in [3.05, 3.63) is 120 Å². The van der Waals surface area contributed by atoms with Crippen molar-refractivity contribution in [1.29, 1.82) is 0 Å². The van der Waals surface area contributed by atoms with E-state index in [0.717, 1.165) is 55.9 Å². The van der Waals surface area contributed by atoms with Crippen molar-refractivity contribution in [2.75, 3.05) is 0 Å². The van der Waals surface area contributed by atoms with Crippen molar-refractivity contribution in [3.8, 4) is 28.7 Å². The Labute approximate surface area is 325 Å². The Kier molecular flexibility index (Phi) is 9.51. The minimum Gasteiger partial charge on any atom is -0.295 e. The lowest BCUT2D eigenvalue weighted by Gasteiger charge is -2.24. The average molecular weight is 768 g/mol. The van der Waals surface area contributed by atoms with Gasteiger partial charge < -0.3 is 0 Å². The number of aliphatic imine (C=N–C) groups is 1. The van der Waals surface area contributed by atoms with E-state index in [9.17, 15) is 14.4 Å². The molecule has 4 aromatic heterocycles. The van der Waals surface area contributed by atoms with Crippen LogP contribution in [0.15, 0.2) is 64.6 Å². The van der Waals surface area contributed by atoms with Gasteiger partial charge in [0.05, 0.1) is 33.3 Å². The zero-order valence-corrected chi connectivity index (χ0v) is 32.0. The molecule has 2 aliphatic heterocycles. The standard InChI is InChI=1S/C41H34ClN9O3S/c1-23-33(55-41-35(23)37(29-13-15-30(42)16-14-29)44-24(2)38-48-47-26(4)51(38)41)18-12-27-21-43-49(22-27)20-7-5-6-9-28-10-8-11-31-36(28)40(54)50(25(3)45-31)32-17-19-34(52)46-39(32)53/h8,10-11,13-16,21-22,24,32H,5,7,17,19-20H2,1-4H3,(H,46,52,53)/t24-,32?/m0/s1. The van der Waals surface area contributed by atoms with E-state index < -0.39 is 11.9 Å². The number of fused-ring (bicyclic) bond motifs is 4. The number of aromatic nitrogens is 7. The maximum absolute atomic E-state index is 13.7. The highest BCUT2D eigenvalue weighted by Gasteiger charge is 2.32. The lowest BCUT2D eigenvalue weighted by Crippen LogP contribution is -2.45. The van der Waals surface area contributed by atoms with Crippen LogP contribution in [0.25, 0.3) is 15.9 Å². The minimum absolute atomic E-state index is 0.162. The summed E-state index contributed by atoms with van der Waals surface area (Å²) in [5.41, 5.74) is 5.40. The lowest BCUT2D eigenvalue weighted by molar-refractivity contribution is -0.135. The van der Waals surface area contributed by atoms with Gasteiger partial charge in [0.15, 0.2) is 5.82 Å². The number of nitrogens with zero attached hydrogens (tertiary/aromatic N) is 8. The SMILES string of the molecule is Cc1c(C#Cc2cnn(CCCC#Cc3cccc4nc(C)n(C5CCC(=O)NC5=O)c(=O)c34)c2)sc2c1C(c1ccc(Cl)cc1)=N[C@@H](C)c1nnc(C)n1-2. The first-order valence-electron chi connectivity index (χ1n) is 17.9. The molecule has 2 aliphatic rings. The Bertz CT molecular complexity index is 2770. The molecular weight excluding hydrogens is 734 g/mol.